The van der Waals surface area contributed by atoms with Crippen molar-refractivity contribution < 1.29 is 13.9 Å². The van der Waals surface area contributed by atoms with Crippen molar-refractivity contribution >= 4 is 27.8 Å². The molecule has 136 valence electrons. The molecule has 0 bridgehead atoms. The third-order valence-corrected chi connectivity index (χ3v) is 4.18. The SMILES string of the molecule is CC(C)n1nc(C(=O)OCc2nc3ccccc3o2)c2ccccc2c1=O. The Morgan fingerprint density at radius 3 is 2.56 bits per heavy atom. The highest BCUT2D eigenvalue weighted by Gasteiger charge is 2.19. The molecule has 0 atom stereocenters. The fourth-order valence-electron chi connectivity index (χ4n) is 2.88. The molecule has 0 spiro atoms. The molecule has 7 nitrogen and oxygen atoms in total. The van der Waals surface area contributed by atoms with Gasteiger partial charge in [-0.2, -0.15) is 5.10 Å². The van der Waals surface area contributed by atoms with Gasteiger partial charge in [0.25, 0.3) is 5.56 Å². The van der Waals surface area contributed by atoms with E-state index in [1.165, 1.54) is 4.68 Å². The lowest BCUT2D eigenvalue weighted by atomic mass is 10.1. The zero-order valence-corrected chi connectivity index (χ0v) is 14.9. The van der Waals surface area contributed by atoms with Crippen LogP contribution in [0.5, 0.6) is 0 Å². The van der Waals surface area contributed by atoms with E-state index in [9.17, 15) is 9.59 Å². The van der Waals surface area contributed by atoms with Gasteiger partial charge in [-0.25, -0.2) is 14.5 Å². The predicted octanol–water partition coefficient (Wildman–Crippen LogP) is 3.48. The summed E-state index contributed by atoms with van der Waals surface area (Å²) in [5, 5.41) is 5.12. The van der Waals surface area contributed by atoms with Crippen LogP contribution in [0.25, 0.3) is 21.9 Å². The van der Waals surface area contributed by atoms with Crippen LogP contribution in [0.4, 0.5) is 0 Å². The highest BCUT2D eigenvalue weighted by atomic mass is 16.5. The molecular weight excluding hydrogens is 346 g/mol. The van der Waals surface area contributed by atoms with Gasteiger partial charge < -0.3 is 9.15 Å². The second-order valence-corrected chi connectivity index (χ2v) is 6.39. The van der Waals surface area contributed by atoms with E-state index in [0.29, 0.717) is 27.8 Å². The molecule has 0 radical (unpaired) electrons. The molecule has 0 amide bonds. The lowest BCUT2D eigenvalue weighted by molar-refractivity contribution is 0.0432. The number of carbonyl (C=O) groups is 1. The highest BCUT2D eigenvalue weighted by Crippen LogP contribution is 2.18. The smallest absolute Gasteiger partial charge is 0.359 e. The van der Waals surface area contributed by atoms with Crippen LogP contribution < -0.4 is 5.56 Å². The van der Waals surface area contributed by atoms with Crippen molar-refractivity contribution in [1.29, 1.82) is 0 Å². The van der Waals surface area contributed by atoms with Gasteiger partial charge in [-0.3, -0.25) is 4.79 Å². The number of carbonyl (C=O) groups excluding carboxylic acids is 1. The summed E-state index contributed by atoms with van der Waals surface area (Å²) in [5.74, 6) is -0.339. The van der Waals surface area contributed by atoms with Gasteiger partial charge in [-0.15, -0.1) is 0 Å². The maximum Gasteiger partial charge on any atom is 0.359 e. The minimum Gasteiger partial charge on any atom is -0.451 e. The Hall–Kier alpha value is -3.48. The largest absolute Gasteiger partial charge is 0.451 e. The standard InChI is InChI=1S/C20H17N3O4/c1-12(2)23-19(24)14-8-4-3-7-13(14)18(22-23)20(25)26-11-17-21-15-9-5-6-10-16(15)27-17/h3-10,12H,11H2,1-2H3. The first-order valence-electron chi connectivity index (χ1n) is 8.57. The van der Waals surface area contributed by atoms with Crippen LogP contribution in [0.1, 0.15) is 36.3 Å². The number of esters is 1. The molecule has 4 rings (SSSR count). The van der Waals surface area contributed by atoms with Crippen LogP contribution >= 0.6 is 0 Å². The second-order valence-electron chi connectivity index (χ2n) is 6.39. The number of aromatic nitrogens is 3. The minimum absolute atomic E-state index is 0.0926. The van der Waals surface area contributed by atoms with Crippen LogP contribution in [0.2, 0.25) is 0 Å². The number of para-hydroxylation sites is 2. The first-order valence-corrected chi connectivity index (χ1v) is 8.57. The lowest BCUT2D eigenvalue weighted by Crippen LogP contribution is -2.27. The quantitative estimate of drug-likeness (QED) is 0.516. The lowest BCUT2D eigenvalue weighted by Gasteiger charge is -2.12. The minimum atomic E-state index is -0.636. The topological polar surface area (TPSA) is 87.2 Å². The van der Waals surface area contributed by atoms with Crippen LogP contribution in [-0.2, 0) is 11.3 Å². The number of oxazole rings is 1. The molecule has 0 aliphatic heterocycles. The molecule has 2 heterocycles. The summed E-state index contributed by atoms with van der Waals surface area (Å²) in [6.07, 6.45) is 0. The number of ether oxygens (including phenoxy) is 1. The van der Waals surface area contributed by atoms with Crippen LogP contribution in [0.3, 0.4) is 0 Å². The van der Waals surface area contributed by atoms with Gasteiger partial charge in [0.15, 0.2) is 17.9 Å². The molecule has 4 aromatic rings. The maximum atomic E-state index is 12.7. The number of benzene rings is 2. The fraction of sp³-hybridized carbons (Fsp3) is 0.200. The van der Waals surface area contributed by atoms with Gasteiger partial charge >= 0.3 is 5.97 Å². The molecule has 0 saturated carbocycles. The second kappa shape index (κ2) is 6.68. The number of nitrogens with zero attached hydrogens (tertiary/aromatic N) is 3. The molecule has 7 heteroatoms. The van der Waals surface area contributed by atoms with Crippen molar-refractivity contribution in [3.63, 3.8) is 0 Å². The van der Waals surface area contributed by atoms with E-state index in [1.807, 2.05) is 32.0 Å². The summed E-state index contributed by atoms with van der Waals surface area (Å²) >= 11 is 0. The summed E-state index contributed by atoms with van der Waals surface area (Å²) in [4.78, 5) is 29.5. The third kappa shape index (κ3) is 3.08. The number of hydrogen-bond acceptors (Lipinski definition) is 6. The Bertz CT molecular complexity index is 1170. The monoisotopic (exact) mass is 363 g/mol. The van der Waals surface area contributed by atoms with Crippen molar-refractivity contribution in [3.05, 3.63) is 70.5 Å². The molecule has 0 aliphatic rings. The van der Waals surface area contributed by atoms with Gasteiger partial charge in [-0.05, 0) is 32.0 Å². The van der Waals surface area contributed by atoms with E-state index in [4.69, 9.17) is 9.15 Å². The highest BCUT2D eigenvalue weighted by molar-refractivity contribution is 6.02. The van der Waals surface area contributed by atoms with Crippen LogP contribution in [-0.4, -0.2) is 20.7 Å². The van der Waals surface area contributed by atoms with Crippen molar-refractivity contribution in [2.75, 3.05) is 0 Å². The Morgan fingerprint density at radius 2 is 1.81 bits per heavy atom. The molecule has 0 unspecified atom stereocenters. The Kier molecular flexibility index (Phi) is 4.19. The average Bonchev–Trinajstić information content (AvgIpc) is 3.09. The Balaban J connectivity index is 1.67. The van der Waals surface area contributed by atoms with E-state index in [2.05, 4.69) is 10.1 Å². The molecule has 0 saturated heterocycles. The average molecular weight is 363 g/mol. The van der Waals surface area contributed by atoms with E-state index in [-0.39, 0.29) is 23.9 Å². The zero-order valence-electron chi connectivity index (χ0n) is 14.9. The molecule has 0 aliphatic carbocycles. The van der Waals surface area contributed by atoms with E-state index in [0.717, 1.165) is 0 Å². The summed E-state index contributed by atoms with van der Waals surface area (Å²) in [6.45, 7) is 3.54. The van der Waals surface area contributed by atoms with Crippen molar-refractivity contribution in [3.8, 4) is 0 Å². The predicted molar refractivity (Wildman–Crippen MR) is 99.5 cm³/mol. The zero-order chi connectivity index (χ0) is 19.0. The molecule has 2 aromatic heterocycles. The number of hydrogen-bond donors (Lipinski definition) is 0. The summed E-state index contributed by atoms with van der Waals surface area (Å²) in [5.41, 5.74) is 1.17. The van der Waals surface area contributed by atoms with E-state index >= 15 is 0 Å². The van der Waals surface area contributed by atoms with E-state index in [1.54, 1.807) is 30.3 Å². The fourth-order valence-corrected chi connectivity index (χ4v) is 2.88. The van der Waals surface area contributed by atoms with Gasteiger partial charge in [0, 0.05) is 5.39 Å². The summed E-state index contributed by atoms with van der Waals surface area (Å²) in [7, 11) is 0. The molecule has 27 heavy (non-hydrogen) atoms. The van der Waals surface area contributed by atoms with Crippen molar-refractivity contribution in [1.82, 2.24) is 14.8 Å². The molecule has 0 N–H and O–H groups in total. The molecular formula is C20H17N3O4. The Morgan fingerprint density at radius 1 is 1.11 bits per heavy atom. The summed E-state index contributed by atoms with van der Waals surface area (Å²) < 4.78 is 12.2. The van der Waals surface area contributed by atoms with Gasteiger partial charge in [0.2, 0.25) is 5.89 Å². The third-order valence-electron chi connectivity index (χ3n) is 4.18. The number of rotatable bonds is 4. The number of fused-ring (bicyclic) bond motifs is 2. The normalized spacial score (nSPS) is 11.4. The van der Waals surface area contributed by atoms with Crippen molar-refractivity contribution in [2.45, 2.75) is 26.5 Å². The molecule has 0 fully saturated rings. The summed E-state index contributed by atoms with van der Waals surface area (Å²) in [6, 6.07) is 14.0. The first kappa shape index (κ1) is 17.0. The van der Waals surface area contributed by atoms with Gasteiger partial charge in [-0.1, -0.05) is 30.3 Å². The van der Waals surface area contributed by atoms with Gasteiger partial charge in [0.1, 0.15) is 5.52 Å². The maximum absolute atomic E-state index is 12.7. The first-order chi connectivity index (χ1) is 13.0. The van der Waals surface area contributed by atoms with E-state index < -0.39 is 5.97 Å². The molecule has 2 aromatic carbocycles. The van der Waals surface area contributed by atoms with Crippen LogP contribution in [0.15, 0.2) is 57.7 Å². The van der Waals surface area contributed by atoms with Crippen molar-refractivity contribution in [2.24, 2.45) is 0 Å². The Labute approximate surface area is 154 Å². The van der Waals surface area contributed by atoms with Crippen LogP contribution in [0, 0.1) is 0 Å². The van der Waals surface area contributed by atoms with Gasteiger partial charge in [0.05, 0.1) is 11.4 Å².